The first kappa shape index (κ1) is 15.4. The van der Waals surface area contributed by atoms with Crippen molar-refractivity contribution in [2.75, 3.05) is 0 Å². The van der Waals surface area contributed by atoms with Crippen LogP contribution >= 0.6 is 0 Å². The Labute approximate surface area is 96.2 Å². The van der Waals surface area contributed by atoms with Gasteiger partial charge in [-0.25, -0.2) is 13.2 Å². The third kappa shape index (κ3) is 3.18. The second-order valence-electron chi connectivity index (χ2n) is 2.80. The molecule has 0 saturated heterocycles. The average molecular weight is 252 g/mol. The zero-order valence-corrected chi connectivity index (χ0v) is 9.83. The number of esters is 1. The highest BCUT2D eigenvalue weighted by Crippen LogP contribution is 2.29. The maximum Gasteiger partial charge on any atom is 0.308 e. The number of carbonyl (C=O) groups is 1. The molecule has 0 aliphatic heterocycles. The van der Waals surface area contributed by atoms with E-state index < -0.39 is 40.6 Å². The van der Waals surface area contributed by atoms with Gasteiger partial charge in [0.15, 0.2) is 17.4 Å². The van der Waals surface area contributed by atoms with Gasteiger partial charge in [0.1, 0.15) is 0 Å². The van der Waals surface area contributed by atoms with Gasteiger partial charge in [0, 0.05) is 12.5 Å². The molecule has 1 aromatic carbocycles. The van der Waals surface area contributed by atoms with E-state index in [2.05, 4.69) is 4.74 Å². The number of hydrogen-bond donors (Lipinski definition) is 0. The average Bonchev–Trinajstić information content (AvgIpc) is 2.32. The standard InChI is InChI=1S/C9H6F4O2.C2H6/c1-3-5(10)6(11)7(12)8(13)9(3)15-4(2)14;1-2/h1-2H3;1-2H3. The smallest absolute Gasteiger partial charge is 0.308 e. The van der Waals surface area contributed by atoms with E-state index in [1.54, 1.807) is 0 Å². The van der Waals surface area contributed by atoms with E-state index in [1.165, 1.54) is 0 Å². The Kier molecular flexibility index (Phi) is 5.64. The summed E-state index contributed by atoms with van der Waals surface area (Å²) in [5, 5.41) is 0. The van der Waals surface area contributed by atoms with Crippen molar-refractivity contribution in [3.63, 3.8) is 0 Å². The molecule has 1 aromatic rings. The number of rotatable bonds is 1. The first-order chi connectivity index (χ1) is 7.86. The largest absolute Gasteiger partial charge is 0.423 e. The Morgan fingerprint density at radius 3 is 1.76 bits per heavy atom. The number of ether oxygens (including phenoxy) is 1. The van der Waals surface area contributed by atoms with Crippen molar-refractivity contribution in [2.24, 2.45) is 0 Å². The minimum atomic E-state index is -2.01. The first-order valence-electron chi connectivity index (χ1n) is 4.87. The maximum atomic E-state index is 13.0. The fraction of sp³-hybridized carbons (Fsp3) is 0.364. The van der Waals surface area contributed by atoms with Gasteiger partial charge in [-0.3, -0.25) is 4.79 Å². The lowest BCUT2D eigenvalue weighted by atomic mass is 10.2. The van der Waals surface area contributed by atoms with E-state index in [-0.39, 0.29) is 0 Å². The molecule has 0 N–H and O–H groups in total. The van der Waals surface area contributed by atoms with Gasteiger partial charge in [-0.05, 0) is 6.92 Å². The summed E-state index contributed by atoms with van der Waals surface area (Å²) in [6.07, 6.45) is 0. The molecule has 6 heteroatoms. The quantitative estimate of drug-likeness (QED) is 0.251. The van der Waals surface area contributed by atoms with Crippen LogP contribution in [0.5, 0.6) is 5.75 Å². The Balaban J connectivity index is 0.00000121. The van der Waals surface area contributed by atoms with E-state index in [9.17, 15) is 22.4 Å². The van der Waals surface area contributed by atoms with Crippen LogP contribution in [0.3, 0.4) is 0 Å². The molecule has 96 valence electrons. The van der Waals surface area contributed by atoms with E-state index in [1.807, 2.05) is 13.8 Å². The van der Waals surface area contributed by atoms with Crippen molar-refractivity contribution in [3.8, 4) is 5.75 Å². The zero-order valence-electron chi connectivity index (χ0n) is 9.83. The molecule has 0 heterocycles. The molecule has 2 nitrogen and oxygen atoms in total. The van der Waals surface area contributed by atoms with E-state index in [4.69, 9.17) is 0 Å². The monoisotopic (exact) mass is 252 g/mol. The van der Waals surface area contributed by atoms with Crippen LogP contribution < -0.4 is 4.74 Å². The lowest BCUT2D eigenvalue weighted by molar-refractivity contribution is -0.132. The normalized spacial score (nSPS) is 9.41. The highest BCUT2D eigenvalue weighted by molar-refractivity contribution is 5.69. The second kappa shape index (κ2) is 6.22. The van der Waals surface area contributed by atoms with Crippen LogP contribution in [0, 0.1) is 30.2 Å². The van der Waals surface area contributed by atoms with Crippen LogP contribution in [-0.4, -0.2) is 5.97 Å². The summed E-state index contributed by atoms with van der Waals surface area (Å²) < 4.78 is 55.5. The molecular weight excluding hydrogens is 240 g/mol. The molecular formula is C11H12F4O2. The Morgan fingerprint density at radius 2 is 1.35 bits per heavy atom. The molecule has 0 radical (unpaired) electrons. The van der Waals surface area contributed by atoms with Crippen LogP contribution in [0.1, 0.15) is 26.3 Å². The number of benzene rings is 1. The fourth-order valence-electron chi connectivity index (χ4n) is 0.986. The van der Waals surface area contributed by atoms with Crippen molar-refractivity contribution in [1.82, 2.24) is 0 Å². The highest BCUT2D eigenvalue weighted by atomic mass is 19.2. The van der Waals surface area contributed by atoms with Crippen LogP contribution in [0.25, 0.3) is 0 Å². The van der Waals surface area contributed by atoms with Crippen LogP contribution in [0.2, 0.25) is 0 Å². The first-order valence-corrected chi connectivity index (χ1v) is 4.87. The van der Waals surface area contributed by atoms with Crippen molar-refractivity contribution in [3.05, 3.63) is 28.8 Å². The van der Waals surface area contributed by atoms with Gasteiger partial charge in [0.2, 0.25) is 11.6 Å². The maximum absolute atomic E-state index is 13.0. The Hall–Kier alpha value is -1.59. The molecule has 0 aromatic heterocycles. The van der Waals surface area contributed by atoms with Gasteiger partial charge in [-0.2, -0.15) is 4.39 Å². The minimum absolute atomic E-state index is 0.596. The van der Waals surface area contributed by atoms with Gasteiger partial charge >= 0.3 is 5.97 Å². The predicted octanol–water partition coefficient (Wildman–Crippen LogP) is 3.50. The summed E-state index contributed by atoms with van der Waals surface area (Å²) in [7, 11) is 0. The van der Waals surface area contributed by atoms with Gasteiger partial charge in [0.05, 0.1) is 0 Å². The molecule has 0 bridgehead atoms. The molecule has 0 aliphatic rings. The lowest BCUT2D eigenvalue weighted by Gasteiger charge is -2.09. The van der Waals surface area contributed by atoms with E-state index >= 15 is 0 Å². The van der Waals surface area contributed by atoms with Crippen LogP contribution in [0.15, 0.2) is 0 Å². The van der Waals surface area contributed by atoms with E-state index in [0.717, 1.165) is 13.8 Å². The highest BCUT2D eigenvalue weighted by Gasteiger charge is 2.24. The summed E-state index contributed by atoms with van der Waals surface area (Å²) in [5.74, 6) is -9.12. The van der Waals surface area contributed by atoms with Gasteiger partial charge in [0.25, 0.3) is 0 Å². The van der Waals surface area contributed by atoms with Crippen LogP contribution in [0.4, 0.5) is 17.6 Å². The Bertz CT molecular complexity index is 401. The summed E-state index contributed by atoms with van der Waals surface area (Å²) in [5.41, 5.74) is -0.596. The summed E-state index contributed by atoms with van der Waals surface area (Å²) in [6, 6.07) is 0. The summed E-state index contributed by atoms with van der Waals surface area (Å²) >= 11 is 0. The van der Waals surface area contributed by atoms with Crippen molar-refractivity contribution >= 4 is 5.97 Å². The molecule has 0 spiro atoms. The summed E-state index contributed by atoms with van der Waals surface area (Å²) in [6.45, 7) is 5.90. The second-order valence-corrected chi connectivity index (χ2v) is 2.80. The number of hydrogen-bond acceptors (Lipinski definition) is 2. The van der Waals surface area contributed by atoms with Crippen molar-refractivity contribution in [1.29, 1.82) is 0 Å². The van der Waals surface area contributed by atoms with Gasteiger partial charge in [-0.1, -0.05) is 13.8 Å². The molecule has 0 fully saturated rings. The fourth-order valence-corrected chi connectivity index (χ4v) is 0.986. The number of halogens is 4. The minimum Gasteiger partial charge on any atom is -0.423 e. The van der Waals surface area contributed by atoms with Gasteiger partial charge < -0.3 is 4.74 Å². The number of carbonyl (C=O) groups excluding carboxylic acids is 1. The SMILES string of the molecule is CC.CC(=O)Oc1c(C)c(F)c(F)c(F)c1F. The predicted molar refractivity (Wildman–Crippen MR) is 53.7 cm³/mol. The van der Waals surface area contributed by atoms with Crippen molar-refractivity contribution < 1.29 is 27.1 Å². The molecule has 0 unspecified atom stereocenters. The molecule has 17 heavy (non-hydrogen) atoms. The van der Waals surface area contributed by atoms with E-state index in [0.29, 0.717) is 0 Å². The third-order valence-electron chi connectivity index (χ3n) is 1.69. The lowest BCUT2D eigenvalue weighted by Crippen LogP contribution is -2.09. The van der Waals surface area contributed by atoms with Gasteiger partial charge in [-0.15, -0.1) is 0 Å². The molecule has 0 aliphatic carbocycles. The van der Waals surface area contributed by atoms with Crippen LogP contribution in [-0.2, 0) is 4.79 Å². The summed E-state index contributed by atoms with van der Waals surface area (Å²) in [4.78, 5) is 10.5. The molecule has 0 saturated carbocycles. The third-order valence-corrected chi connectivity index (χ3v) is 1.69. The zero-order chi connectivity index (χ0) is 13.7. The molecule has 0 atom stereocenters. The molecule has 1 rings (SSSR count). The topological polar surface area (TPSA) is 26.3 Å². The Morgan fingerprint density at radius 1 is 0.941 bits per heavy atom. The van der Waals surface area contributed by atoms with Crippen molar-refractivity contribution in [2.45, 2.75) is 27.7 Å². The molecule has 0 amide bonds.